The molecule has 1 aromatic carbocycles. The number of fused-ring (bicyclic) bond motifs is 1. The Kier molecular flexibility index (Phi) is 6.22. The van der Waals surface area contributed by atoms with Crippen LogP contribution in [0.5, 0.6) is 5.75 Å². The molecule has 7 nitrogen and oxygen atoms in total. The number of ether oxygens (including phenoxy) is 4. The number of benzene rings is 1. The predicted octanol–water partition coefficient (Wildman–Crippen LogP) is 2.57. The Balaban J connectivity index is 2.72. The van der Waals surface area contributed by atoms with Gasteiger partial charge in [-0.25, -0.2) is 18.0 Å². The van der Waals surface area contributed by atoms with E-state index in [1.165, 1.54) is 21.1 Å². The number of carbonyl (C=O) groups is 1. The average Bonchev–Trinajstić information content (AvgIpc) is 2.61. The van der Waals surface area contributed by atoms with Crippen molar-refractivity contribution in [1.29, 1.82) is 0 Å². The maximum Gasteiger partial charge on any atom is 0.514 e. The first kappa shape index (κ1) is 19.7. The third-order valence-corrected chi connectivity index (χ3v) is 3.49. The van der Waals surface area contributed by atoms with E-state index in [0.29, 0.717) is 6.07 Å². The third kappa shape index (κ3) is 3.81. The fraction of sp³-hybridized carbons (Fsp3) is 0.375. The van der Waals surface area contributed by atoms with Crippen molar-refractivity contribution in [3.8, 4) is 5.75 Å². The summed E-state index contributed by atoms with van der Waals surface area (Å²) in [6, 6.07) is 0.527. The zero-order chi connectivity index (χ0) is 19.4. The van der Waals surface area contributed by atoms with E-state index in [2.05, 4.69) is 4.74 Å². The molecule has 10 heteroatoms. The highest BCUT2D eigenvalue weighted by atomic mass is 19.2. The van der Waals surface area contributed by atoms with Crippen LogP contribution >= 0.6 is 0 Å². The topological polar surface area (TPSA) is 76.0 Å². The number of hydrogen-bond acceptors (Lipinski definition) is 6. The van der Waals surface area contributed by atoms with Crippen LogP contribution in [0.25, 0.3) is 10.9 Å². The fourth-order valence-corrected chi connectivity index (χ4v) is 2.30. The molecule has 0 atom stereocenters. The summed E-state index contributed by atoms with van der Waals surface area (Å²) in [5, 5.41) is -0.519. The molecule has 0 N–H and O–H groups in total. The van der Waals surface area contributed by atoms with Gasteiger partial charge in [-0.1, -0.05) is 0 Å². The molecule has 1 aromatic heterocycles. The molecule has 0 aliphatic heterocycles. The van der Waals surface area contributed by atoms with E-state index in [1.807, 2.05) is 0 Å². The van der Waals surface area contributed by atoms with Crippen LogP contribution < -0.4 is 10.2 Å². The summed E-state index contributed by atoms with van der Waals surface area (Å²) >= 11 is 0. The summed E-state index contributed by atoms with van der Waals surface area (Å²) in [5.74, 6) is -5.41. The fourth-order valence-electron chi connectivity index (χ4n) is 2.30. The van der Waals surface area contributed by atoms with Crippen LogP contribution in [0.15, 0.2) is 17.1 Å². The lowest BCUT2D eigenvalue weighted by Gasteiger charge is -2.19. The molecule has 2 rings (SSSR count). The number of methoxy groups -OCH3 is 2. The maximum atomic E-state index is 14.3. The number of rotatable bonds is 6. The highest BCUT2D eigenvalue weighted by Crippen LogP contribution is 2.24. The Hall–Kier alpha value is -2.59. The molecule has 0 unspecified atom stereocenters. The number of aromatic nitrogens is 1. The van der Waals surface area contributed by atoms with Gasteiger partial charge in [0.05, 0.1) is 30.3 Å². The molecule has 0 fully saturated rings. The van der Waals surface area contributed by atoms with Crippen molar-refractivity contribution in [2.24, 2.45) is 0 Å². The van der Waals surface area contributed by atoms with E-state index >= 15 is 0 Å². The van der Waals surface area contributed by atoms with Gasteiger partial charge in [0.25, 0.3) is 0 Å². The second kappa shape index (κ2) is 8.19. The second-order valence-electron chi connectivity index (χ2n) is 5.04. The monoisotopic (exact) mass is 375 g/mol. The SMILES string of the molecule is CCOC(=O)Oc1cn(CC(OC)OC)c2c(F)c(F)c(F)cc2c1=O. The van der Waals surface area contributed by atoms with Crippen molar-refractivity contribution in [2.75, 3.05) is 20.8 Å². The smallest absolute Gasteiger partial charge is 0.434 e. The molecule has 0 radical (unpaired) electrons. The van der Waals surface area contributed by atoms with Gasteiger partial charge in [-0.15, -0.1) is 0 Å². The highest BCUT2D eigenvalue weighted by Gasteiger charge is 2.23. The standard InChI is InChI=1S/C16H16F3NO6/c1-4-25-16(22)26-10-6-20(7-11(23-2)24-3)14-8(15(10)21)5-9(17)12(18)13(14)19/h5-6,11H,4,7H2,1-3H3. The largest absolute Gasteiger partial charge is 0.514 e. The summed E-state index contributed by atoms with van der Waals surface area (Å²) in [6.45, 7) is 1.31. The Morgan fingerprint density at radius 3 is 2.42 bits per heavy atom. The molecule has 142 valence electrons. The van der Waals surface area contributed by atoms with Crippen LogP contribution in [0.2, 0.25) is 0 Å². The van der Waals surface area contributed by atoms with E-state index in [-0.39, 0.29) is 13.2 Å². The quantitative estimate of drug-likeness (QED) is 0.439. The average molecular weight is 375 g/mol. The lowest BCUT2D eigenvalue weighted by molar-refractivity contribution is -0.110. The molecule has 0 saturated carbocycles. The van der Waals surface area contributed by atoms with Gasteiger partial charge in [-0.2, -0.15) is 0 Å². The van der Waals surface area contributed by atoms with Crippen LogP contribution in [0.3, 0.4) is 0 Å². The number of nitrogens with zero attached hydrogens (tertiary/aromatic N) is 1. The number of pyridine rings is 1. The Morgan fingerprint density at radius 1 is 1.19 bits per heavy atom. The maximum absolute atomic E-state index is 14.3. The minimum atomic E-state index is -1.74. The normalized spacial score (nSPS) is 11.2. The van der Waals surface area contributed by atoms with Crippen molar-refractivity contribution in [3.05, 3.63) is 39.9 Å². The molecule has 2 aromatic rings. The summed E-state index contributed by atoms with van der Waals surface area (Å²) in [5.41, 5.74) is -1.53. The molecular weight excluding hydrogens is 359 g/mol. The first-order chi connectivity index (χ1) is 12.3. The lowest BCUT2D eigenvalue weighted by Crippen LogP contribution is -2.24. The molecule has 1 heterocycles. The molecule has 0 spiro atoms. The molecule has 26 heavy (non-hydrogen) atoms. The van der Waals surface area contributed by atoms with E-state index < -0.39 is 52.0 Å². The van der Waals surface area contributed by atoms with Gasteiger partial charge in [-0.3, -0.25) is 4.79 Å². The Bertz CT molecular complexity index is 879. The van der Waals surface area contributed by atoms with Gasteiger partial charge in [0.1, 0.15) is 0 Å². The number of hydrogen-bond donors (Lipinski definition) is 0. The molecule has 0 aliphatic rings. The van der Waals surface area contributed by atoms with E-state index in [4.69, 9.17) is 14.2 Å². The van der Waals surface area contributed by atoms with E-state index in [1.54, 1.807) is 0 Å². The van der Waals surface area contributed by atoms with Gasteiger partial charge < -0.3 is 23.5 Å². The zero-order valence-corrected chi connectivity index (χ0v) is 14.2. The van der Waals surface area contributed by atoms with Crippen LogP contribution in [-0.2, 0) is 20.8 Å². The van der Waals surface area contributed by atoms with Gasteiger partial charge >= 0.3 is 6.16 Å². The van der Waals surface area contributed by atoms with Crippen molar-refractivity contribution in [2.45, 2.75) is 19.8 Å². The van der Waals surface area contributed by atoms with E-state index in [9.17, 15) is 22.8 Å². The molecule has 0 aliphatic carbocycles. The third-order valence-electron chi connectivity index (χ3n) is 3.49. The number of carbonyl (C=O) groups excluding carboxylic acids is 1. The first-order valence-corrected chi connectivity index (χ1v) is 7.44. The van der Waals surface area contributed by atoms with Crippen LogP contribution in [0.1, 0.15) is 6.92 Å². The van der Waals surface area contributed by atoms with Crippen molar-refractivity contribution in [1.82, 2.24) is 4.57 Å². The van der Waals surface area contributed by atoms with E-state index in [0.717, 1.165) is 10.8 Å². The molecule has 0 bridgehead atoms. The Labute approximate surface area is 145 Å². The lowest BCUT2D eigenvalue weighted by atomic mass is 10.1. The van der Waals surface area contributed by atoms with Crippen molar-refractivity contribution >= 4 is 17.1 Å². The summed E-state index contributed by atoms with van der Waals surface area (Å²) in [6.07, 6.45) is -1.11. The number of halogens is 3. The van der Waals surface area contributed by atoms with Gasteiger partial charge in [-0.05, 0) is 13.0 Å². The summed E-state index contributed by atoms with van der Waals surface area (Å²) in [7, 11) is 2.62. The Morgan fingerprint density at radius 2 is 1.85 bits per heavy atom. The highest BCUT2D eigenvalue weighted by molar-refractivity contribution is 5.82. The second-order valence-corrected chi connectivity index (χ2v) is 5.04. The predicted molar refractivity (Wildman–Crippen MR) is 83.5 cm³/mol. The summed E-state index contributed by atoms with van der Waals surface area (Å²) in [4.78, 5) is 23.9. The zero-order valence-electron chi connectivity index (χ0n) is 14.2. The van der Waals surface area contributed by atoms with Gasteiger partial charge in [0.2, 0.25) is 5.43 Å². The summed E-state index contributed by atoms with van der Waals surface area (Å²) < 4.78 is 61.9. The minimum Gasteiger partial charge on any atom is -0.434 e. The van der Waals surface area contributed by atoms with Crippen LogP contribution in [0.4, 0.5) is 18.0 Å². The molecule has 0 amide bonds. The van der Waals surface area contributed by atoms with Crippen LogP contribution in [-0.4, -0.2) is 37.8 Å². The first-order valence-electron chi connectivity index (χ1n) is 7.44. The molecular formula is C16H16F3NO6. The van der Waals surface area contributed by atoms with Crippen molar-refractivity contribution < 1.29 is 36.9 Å². The van der Waals surface area contributed by atoms with Gasteiger partial charge in [0, 0.05) is 14.2 Å². The van der Waals surface area contributed by atoms with Gasteiger partial charge in [0.15, 0.2) is 29.5 Å². The van der Waals surface area contributed by atoms with Crippen LogP contribution in [0, 0.1) is 17.5 Å². The van der Waals surface area contributed by atoms with Crippen molar-refractivity contribution in [3.63, 3.8) is 0 Å². The minimum absolute atomic E-state index is 0.00943. The molecule has 0 saturated heterocycles.